The Morgan fingerprint density at radius 3 is 2.67 bits per heavy atom. The second-order valence-electron chi connectivity index (χ2n) is 0.932. The van der Waals surface area contributed by atoms with Crippen LogP contribution < -0.4 is 4.66 Å². The van der Waals surface area contributed by atoms with Gasteiger partial charge in [0.05, 0.1) is 0 Å². The molecule has 0 N–H and O–H groups in total. The van der Waals surface area contributed by atoms with Crippen molar-refractivity contribution in [3.63, 3.8) is 0 Å². The molecule has 0 aliphatic heterocycles. The van der Waals surface area contributed by atoms with Gasteiger partial charge >= 0.3 is 43.5 Å². The molecule has 0 saturated heterocycles. The van der Waals surface area contributed by atoms with Crippen LogP contribution in [0.25, 0.3) is 0 Å². The molecule has 31 valence electrons. The van der Waals surface area contributed by atoms with Gasteiger partial charge in [-0.25, -0.2) is 0 Å². The van der Waals surface area contributed by atoms with Crippen LogP contribution in [-0.4, -0.2) is 16.0 Å². The van der Waals surface area contributed by atoms with Gasteiger partial charge in [0.1, 0.15) is 0 Å². The van der Waals surface area contributed by atoms with Crippen LogP contribution in [0.2, 0.25) is 0 Å². The molecule has 0 aliphatic carbocycles. The van der Waals surface area contributed by atoms with E-state index in [-0.39, 0.29) is 0 Å². The number of hydrogen-bond acceptors (Lipinski definition) is 1. The van der Waals surface area contributed by atoms with Gasteiger partial charge in [-0.05, 0) is 0 Å². The van der Waals surface area contributed by atoms with Crippen molar-refractivity contribution in [2.45, 2.75) is 0 Å². The predicted molar refractivity (Wildman–Crippen MR) is 24.1 cm³/mol. The van der Waals surface area contributed by atoms with Gasteiger partial charge in [0.15, 0.2) is 0 Å². The van der Waals surface area contributed by atoms with E-state index in [9.17, 15) is 0 Å². The normalized spacial score (nSPS) is 8.67. The van der Waals surface area contributed by atoms with Crippen molar-refractivity contribution >= 4 is 20.7 Å². The van der Waals surface area contributed by atoms with E-state index < -0.39 is 0 Å². The standard InChI is InChI=1S/C4H3OSe/c6-4-2-1-3-5-4/h1-3H. The Morgan fingerprint density at radius 2 is 2.50 bits per heavy atom. The first kappa shape index (κ1) is 3.97. The zero-order valence-electron chi connectivity index (χ0n) is 3.05. The van der Waals surface area contributed by atoms with Crippen LogP contribution in [-0.2, 0) is 0 Å². The van der Waals surface area contributed by atoms with Gasteiger partial charge in [-0.1, -0.05) is 0 Å². The number of hydrogen-bond donors (Lipinski definition) is 0. The molecule has 1 radical (unpaired) electrons. The molecule has 0 amide bonds. The van der Waals surface area contributed by atoms with E-state index in [1.54, 1.807) is 6.26 Å². The van der Waals surface area contributed by atoms with Gasteiger partial charge in [-0.2, -0.15) is 0 Å². The van der Waals surface area contributed by atoms with Crippen molar-refractivity contribution in [2.24, 2.45) is 0 Å². The van der Waals surface area contributed by atoms with Crippen LogP contribution >= 0.6 is 0 Å². The van der Waals surface area contributed by atoms with Crippen molar-refractivity contribution < 1.29 is 4.42 Å². The summed E-state index contributed by atoms with van der Waals surface area (Å²) in [5.74, 6) is 0. The van der Waals surface area contributed by atoms with E-state index in [0.717, 1.165) is 4.66 Å². The van der Waals surface area contributed by atoms with Crippen LogP contribution in [0.4, 0.5) is 0 Å². The summed E-state index contributed by atoms with van der Waals surface area (Å²) in [6.07, 6.45) is 1.63. The fraction of sp³-hybridized carbons (Fsp3) is 0. The van der Waals surface area contributed by atoms with Crippen molar-refractivity contribution in [3.8, 4) is 0 Å². The molecule has 1 heterocycles. The zero-order valence-corrected chi connectivity index (χ0v) is 4.76. The summed E-state index contributed by atoms with van der Waals surface area (Å²) in [7, 11) is 0. The van der Waals surface area contributed by atoms with Gasteiger partial charge in [-0.15, -0.1) is 0 Å². The molecule has 0 atom stereocenters. The SMILES string of the molecule is [Se]c1ccco1. The summed E-state index contributed by atoms with van der Waals surface area (Å²) in [4.78, 5) is 0. The zero-order chi connectivity index (χ0) is 4.41. The molecule has 0 bridgehead atoms. The first-order valence-corrected chi connectivity index (χ1v) is 2.46. The summed E-state index contributed by atoms with van der Waals surface area (Å²) in [6.45, 7) is 0. The van der Waals surface area contributed by atoms with Crippen LogP contribution in [0.1, 0.15) is 0 Å². The fourth-order valence-electron chi connectivity index (χ4n) is 0.263. The molecule has 2 heteroatoms. The molecule has 0 spiro atoms. The summed E-state index contributed by atoms with van der Waals surface area (Å²) in [5, 5.41) is 0. The minimum absolute atomic E-state index is 0.843. The third kappa shape index (κ3) is 0.644. The molecule has 1 aromatic heterocycles. The molecule has 0 aliphatic rings. The Bertz CT molecular complexity index is 111. The molecule has 0 aromatic carbocycles. The Labute approximate surface area is 44.2 Å². The maximum atomic E-state index is 4.78. The summed E-state index contributed by atoms with van der Waals surface area (Å²) in [5.41, 5.74) is 0. The van der Waals surface area contributed by atoms with E-state index in [1.165, 1.54) is 0 Å². The maximum absolute atomic E-state index is 4.78. The van der Waals surface area contributed by atoms with Gasteiger partial charge < -0.3 is 0 Å². The molecular formula is C4H3OSe. The second-order valence-corrected chi connectivity index (χ2v) is 1.78. The van der Waals surface area contributed by atoms with Crippen molar-refractivity contribution in [1.29, 1.82) is 0 Å². The predicted octanol–water partition coefficient (Wildman–Crippen LogP) is 0.0734. The van der Waals surface area contributed by atoms with Gasteiger partial charge in [-0.3, -0.25) is 0 Å². The summed E-state index contributed by atoms with van der Waals surface area (Å²) >= 11 is 2.72. The third-order valence-corrected chi connectivity index (χ3v) is 0.982. The molecule has 1 nitrogen and oxygen atoms in total. The van der Waals surface area contributed by atoms with E-state index in [4.69, 9.17) is 4.42 Å². The van der Waals surface area contributed by atoms with Crippen molar-refractivity contribution in [2.75, 3.05) is 0 Å². The fourth-order valence-corrected chi connectivity index (χ4v) is 0.545. The van der Waals surface area contributed by atoms with E-state index in [2.05, 4.69) is 16.0 Å². The van der Waals surface area contributed by atoms with Crippen molar-refractivity contribution in [3.05, 3.63) is 18.4 Å². The molecule has 0 saturated carbocycles. The second kappa shape index (κ2) is 1.50. The molecule has 0 fully saturated rings. The molecular weight excluding hydrogens is 143 g/mol. The molecule has 1 aromatic rings. The Balaban J connectivity index is 3.05. The van der Waals surface area contributed by atoms with Gasteiger partial charge in [0, 0.05) is 0 Å². The molecule has 0 unspecified atom stereocenters. The van der Waals surface area contributed by atoms with Crippen LogP contribution in [0.3, 0.4) is 0 Å². The van der Waals surface area contributed by atoms with E-state index >= 15 is 0 Å². The Kier molecular flexibility index (Phi) is 0.992. The van der Waals surface area contributed by atoms with Gasteiger partial charge in [0.2, 0.25) is 0 Å². The minimum atomic E-state index is 0.843. The average Bonchev–Trinajstić information content (AvgIpc) is 1.86. The number of rotatable bonds is 0. The van der Waals surface area contributed by atoms with Crippen LogP contribution in [0, 0.1) is 0 Å². The van der Waals surface area contributed by atoms with E-state index in [1.807, 2.05) is 12.1 Å². The molecule has 6 heavy (non-hydrogen) atoms. The van der Waals surface area contributed by atoms with Gasteiger partial charge in [0.25, 0.3) is 0 Å². The summed E-state index contributed by atoms with van der Waals surface area (Å²) < 4.78 is 5.62. The monoisotopic (exact) mass is 147 g/mol. The summed E-state index contributed by atoms with van der Waals surface area (Å²) in [6, 6.07) is 3.70. The van der Waals surface area contributed by atoms with E-state index in [0.29, 0.717) is 0 Å². The topological polar surface area (TPSA) is 13.1 Å². The quantitative estimate of drug-likeness (QED) is 0.472. The Morgan fingerprint density at radius 1 is 1.67 bits per heavy atom. The van der Waals surface area contributed by atoms with Crippen LogP contribution in [0.15, 0.2) is 22.8 Å². The van der Waals surface area contributed by atoms with Crippen LogP contribution in [0.5, 0.6) is 0 Å². The number of furan rings is 1. The van der Waals surface area contributed by atoms with Crippen molar-refractivity contribution in [1.82, 2.24) is 0 Å². The Hall–Kier alpha value is -0.201. The third-order valence-electron chi connectivity index (χ3n) is 0.495. The first-order valence-electron chi connectivity index (χ1n) is 1.60. The molecule has 1 rings (SSSR count). The average molecular weight is 146 g/mol. The first-order chi connectivity index (χ1) is 2.89.